The van der Waals surface area contributed by atoms with E-state index in [1.165, 1.54) is 0 Å². The van der Waals surface area contributed by atoms with Crippen LogP contribution in [0.15, 0.2) is 84.9 Å². The van der Waals surface area contributed by atoms with Crippen molar-refractivity contribution in [3.8, 4) is 11.1 Å². The first-order chi connectivity index (χ1) is 19.6. The predicted molar refractivity (Wildman–Crippen MR) is 161 cm³/mol. The lowest BCUT2D eigenvalue weighted by Gasteiger charge is -2.23. The number of benzene rings is 3. The van der Waals surface area contributed by atoms with Gasteiger partial charge in [-0.25, -0.2) is 0 Å². The van der Waals surface area contributed by atoms with Crippen LogP contribution in [0.4, 0.5) is 0 Å². The Morgan fingerprint density at radius 1 is 0.732 bits per heavy atom. The van der Waals surface area contributed by atoms with Crippen molar-refractivity contribution in [1.82, 2.24) is 21.3 Å². The van der Waals surface area contributed by atoms with Crippen molar-refractivity contribution < 1.29 is 19.2 Å². The Labute approximate surface area is 242 Å². The average molecular weight is 557 g/mol. The van der Waals surface area contributed by atoms with Gasteiger partial charge in [0.1, 0.15) is 6.04 Å². The van der Waals surface area contributed by atoms with E-state index in [4.69, 9.17) is 0 Å². The molecule has 0 saturated heterocycles. The van der Waals surface area contributed by atoms with E-state index in [-0.39, 0.29) is 37.1 Å². The van der Waals surface area contributed by atoms with E-state index in [0.29, 0.717) is 24.9 Å². The summed E-state index contributed by atoms with van der Waals surface area (Å²) in [6, 6.07) is 25.8. The zero-order valence-corrected chi connectivity index (χ0v) is 24.0. The van der Waals surface area contributed by atoms with Gasteiger partial charge in [0.05, 0.1) is 6.42 Å². The molecule has 216 valence electrons. The molecule has 8 nitrogen and oxygen atoms in total. The summed E-state index contributed by atoms with van der Waals surface area (Å²) in [7, 11) is 0. The molecule has 3 aromatic rings. The zero-order chi connectivity index (χ0) is 29.7. The molecule has 8 heteroatoms. The van der Waals surface area contributed by atoms with Gasteiger partial charge in [-0.15, -0.1) is 0 Å². The lowest BCUT2D eigenvalue weighted by Crippen LogP contribution is -2.51. The predicted octanol–water partition coefficient (Wildman–Crippen LogP) is 4.01. The maximum absolute atomic E-state index is 13.0. The zero-order valence-electron chi connectivity index (χ0n) is 24.0. The lowest BCUT2D eigenvalue weighted by molar-refractivity contribution is -0.132. The molecule has 0 aliphatic rings. The van der Waals surface area contributed by atoms with Gasteiger partial charge in [-0.3, -0.25) is 19.2 Å². The second kappa shape index (κ2) is 15.4. The highest BCUT2D eigenvalue weighted by Crippen LogP contribution is 2.20. The van der Waals surface area contributed by atoms with E-state index < -0.39 is 17.5 Å². The van der Waals surface area contributed by atoms with E-state index in [0.717, 1.165) is 16.7 Å². The van der Waals surface area contributed by atoms with Gasteiger partial charge in [-0.1, -0.05) is 72.8 Å². The molecular weight excluding hydrogens is 516 g/mol. The highest BCUT2D eigenvalue weighted by Gasteiger charge is 2.25. The molecule has 0 aliphatic heterocycles. The van der Waals surface area contributed by atoms with Crippen LogP contribution in [0.2, 0.25) is 0 Å². The molecular formula is C33H40N4O4. The number of amides is 4. The molecule has 3 rings (SSSR count). The second-order valence-corrected chi connectivity index (χ2v) is 11.0. The van der Waals surface area contributed by atoms with Crippen molar-refractivity contribution in [3.05, 3.63) is 96.1 Å². The molecule has 0 unspecified atom stereocenters. The summed E-state index contributed by atoms with van der Waals surface area (Å²) in [5, 5.41) is 11.2. The van der Waals surface area contributed by atoms with Gasteiger partial charge in [0, 0.05) is 30.6 Å². The Morgan fingerprint density at radius 2 is 1.37 bits per heavy atom. The van der Waals surface area contributed by atoms with Gasteiger partial charge in [-0.2, -0.15) is 0 Å². The number of carbonyl (C=O) groups excluding carboxylic acids is 4. The van der Waals surface area contributed by atoms with Crippen LogP contribution >= 0.6 is 0 Å². The van der Waals surface area contributed by atoms with Crippen molar-refractivity contribution in [2.75, 3.05) is 13.1 Å². The quantitative estimate of drug-likeness (QED) is 0.238. The Kier molecular flexibility index (Phi) is 11.6. The fourth-order valence-electron chi connectivity index (χ4n) is 4.23. The molecule has 0 aromatic heterocycles. The summed E-state index contributed by atoms with van der Waals surface area (Å²) >= 11 is 0. The molecule has 0 aliphatic carbocycles. The van der Waals surface area contributed by atoms with Crippen LogP contribution in [0.25, 0.3) is 11.1 Å². The summed E-state index contributed by atoms with van der Waals surface area (Å²) in [5.74, 6) is -1.27. The highest BCUT2D eigenvalue weighted by atomic mass is 16.2. The number of nitrogens with one attached hydrogen (secondary N) is 4. The smallest absolute Gasteiger partial charge is 0.251 e. The summed E-state index contributed by atoms with van der Waals surface area (Å²) in [4.78, 5) is 50.8. The van der Waals surface area contributed by atoms with Crippen molar-refractivity contribution in [1.29, 1.82) is 0 Å². The summed E-state index contributed by atoms with van der Waals surface area (Å²) < 4.78 is 0. The van der Waals surface area contributed by atoms with Gasteiger partial charge < -0.3 is 21.3 Å². The van der Waals surface area contributed by atoms with Crippen LogP contribution in [0.1, 0.15) is 56.0 Å². The third-order valence-corrected chi connectivity index (χ3v) is 6.21. The molecule has 3 aromatic carbocycles. The first-order valence-electron chi connectivity index (χ1n) is 14.0. The molecule has 0 saturated carbocycles. The van der Waals surface area contributed by atoms with Crippen LogP contribution in [-0.4, -0.2) is 48.3 Å². The van der Waals surface area contributed by atoms with Gasteiger partial charge in [0.15, 0.2) is 0 Å². The number of carbonyl (C=O) groups is 4. The molecule has 1 atom stereocenters. The largest absolute Gasteiger partial charge is 0.354 e. The van der Waals surface area contributed by atoms with E-state index in [1.807, 2.05) is 99.6 Å². The maximum atomic E-state index is 13.0. The van der Waals surface area contributed by atoms with Crippen molar-refractivity contribution in [2.24, 2.45) is 0 Å². The van der Waals surface area contributed by atoms with Gasteiger partial charge in [0.25, 0.3) is 5.91 Å². The number of rotatable bonds is 13. The molecule has 0 heterocycles. The molecule has 4 N–H and O–H groups in total. The van der Waals surface area contributed by atoms with Crippen LogP contribution in [0.3, 0.4) is 0 Å². The lowest BCUT2D eigenvalue weighted by atomic mass is 10.0. The molecule has 4 amide bonds. The van der Waals surface area contributed by atoms with E-state index in [1.54, 1.807) is 6.07 Å². The Morgan fingerprint density at radius 3 is 2.05 bits per heavy atom. The SMILES string of the molecule is CC(C)(C)NC(=O)C[C@H](NC(=O)CCc1ccccc1)C(=O)NCCCNC(=O)c1cccc(-c2ccccc2)c1. The van der Waals surface area contributed by atoms with Crippen LogP contribution in [-0.2, 0) is 20.8 Å². The van der Waals surface area contributed by atoms with E-state index in [2.05, 4.69) is 21.3 Å². The topological polar surface area (TPSA) is 116 Å². The minimum Gasteiger partial charge on any atom is -0.354 e. The molecule has 0 bridgehead atoms. The Hall–Kier alpha value is -4.46. The third kappa shape index (κ3) is 11.3. The van der Waals surface area contributed by atoms with Gasteiger partial charge in [0.2, 0.25) is 17.7 Å². The molecule has 0 radical (unpaired) electrons. The van der Waals surface area contributed by atoms with Crippen molar-refractivity contribution >= 4 is 23.6 Å². The molecule has 0 spiro atoms. The molecule has 41 heavy (non-hydrogen) atoms. The summed E-state index contributed by atoms with van der Waals surface area (Å²) in [6.07, 6.45) is 1.04. The first-order valence-corrected chi connectivity index (χ1v) is 14.0. The fraction of sp³-hybridized carbons (Fsp3) is 0.333. The fourth-order valence-corrected chi connectivity index (χ4v) is 4.23. The maximum Gasteiger partial charge on any atom is 0.251 e. The van der Waals surface area contributed by atoms with Gasteiger partial charge >= 0.3 is 0 Å². The van der Waals surface area contributed by atoms with E-state index >= 15 is 0 Å². The first kappa shape index (κ1) is 31.1. The number of hydrogen-bond acceptors (Lipinski definition) is 4. The summed E-state index contributed by atoms with van der Waals surface area (Å²) in [5.41, 5.74) is 3.09. The molecule has 0 fully saturated rings. The van der Waals surface area contributed by atoms with Crippen LogP contribution in [0.5, 0.6) is 0 Å². The summed E-state index contributed by atoms with van der Waals surface area (Å²) in [6.45, 7) is 6.19. The monoisotopic (exact) mass is 556 g/mol. The standard InChI is InChI=1S/C33H40N4O4/c1-33(2,3)37-30(39)23-28(36-29(38)19-18-24-12-6-4-7-13-24)32(41)35-21-11-20-34-31(40)27-17-10-16-26(22-27)25-14-8-5-9-15-25/h4-10,12-17,22,28H,11,18-21,23H2,1-3H3,(H,34,40)(H,35,41)(H,36,38)(H,37,39)/t28-/m0/s1. The Balaban J connectivity index is 1.48. The average Bonchev–Trinajstić information content (AvgIpc) is 2.95. The third-order valence-electron chi connectivity index (χ3n) is 6.21. The minimum absolute atomic E-state index is 0.172. The normalized spacial score (nSPS) is 11.7. The van der Waals surface area contributed by atoms with Gasteiger partial charge in [-0.05, 0) is 62.4 Å². The van der Waals surface area contributed by atoms with Crippen LogP contribution < -0.4 is 21.3 Å². The minimum atomic E-state index is -1.00. The highest BCUT2D eigenvalue weighted by molar-refractivity contribution is 5.95. The second-order valence-electron chi connectivity index (χ2n) is 11.0. The van der Waals surface area contributed by atoms with Crippen molar-refractivity contribution in [3.63, 3.8) is 0 Å². The van der Waals surface area contributed by atoms with Crippen molar-refractivity contribution in [2.45, 2.75) is 58.0 Å². The number of hydrogen-bond donors (Lipinski definition) is 4. The number of aryl methyl sites for hydroxylation is 1. The van der Waals surface area contributed by atoms with E-state index in [9.17, 15) is 19.2 Å². The van der Waals surface area contributed by atoms with Crippen LogP contribution in [0, 0.1) is 0 Å². The Bertz CT molecular complexity index is 1300.